The van der Waals surface area contributed by atoms with Crippen LogP contribution in [0.3, 0.4) is 0 Å². The van der Waals surface area contributed by atoms with Gasteiger partial charge in [-0.2, -0.15) is 8.75 Å². The second-order valence-electron chi connectivity index (χ2n) is 10.2. The lowest BCUT2D eigenvalue weighted by molar-refractivity contribution is 1.29. The van der Waals surface area contributed by atoms with Crippen molar-refractivity contribution in [3.63, 3.8) is 0 Å². The molecule has 7 rings (SSSR count). The van der Waals surface area contributed by atoms with Crippen LogP contribution in [0.1, 0.15) is 27.8 Å². The molecule has 3 aromatic carbocycles. The van der Waals surface area contributed by atoms with E-state index in [0.717, 1.165) is 65.5 Å². The number of benzene rings is 3. The topological polar surface area (TPSA) is 51.6 Å². The van der Waals surface area contributed by atoms with Crippen molar-refractivity contribution in [1.82, 2.24) is 18.7 Å². The number of allylic oxidation sites excluding steroid dienone is 1. The number of thiophene rings is 2. The molecule has 0 spiro atoms. The SMILES string of the molecule is C/C=C/c1ccc(-c2c3nsnc3c(-c3ccc(C)s3)c3nc(-c4ccc(C)cc4)c(-c4ccc(C)cc4)nc23)s1. The summed E-state index contributed by atoms with van der Waals surface area (Å²) in [5, 5.41) is 0. The van der Waals surface area contributed by atoms with Gasteiger partial charge in [0.05, 0.1) is 23.1 Å². The second-order valence-corrected chi connectivity index (χ2v) is 13.1. The van der Waals surface area contributed by atoms with Crippen molar-refractivity contribution in [2.75, 3.05) is 0 Å². The standard InChI is InChI=1S/C34H26N4S3/c1-5-6-24-16-18-26(40-24)28-32-31(27(25-17-11-21(4)39-25)33-34(28)38-41-37-33)35-29(22-12-7-19(2)8-13-22)30(36-32)23-14-9-20(3)10-15-23/h5-18H,1-4H3/b6-5+. The van der Waals surface area contributed by atoms with Crippen molar-refractivity contribution in [3.8, 4) is 43.4 Å². The summed E-state index contributed by atoms with van der Waals surface area (Å²) in [6.07, 6.45) is 4.20. The molecule has 0 atom stereocenters. The van der Waals surface area contributed by atoms with Gasteiger partial charge in [-0.05, 0) is 58.0 Å². The molecule has 4 heterocycles. The highest BCUT2D eigenvalue weighted by Crippen LogP contribution is 2.46. The van der Waals surface area contributed by atoms with E-state index in [9.17, 15) is 0 Å². The molecular weight excluding hydrogens is 561 g/mol. The Balaban J connectivity index is 1.65. The fourth-order valence-corrected chi connectivity index (χ4v) is 7.63. The first kappa shape index (κ1) is 25.9. The second kappa shape index (κ2) is 10.4. The van der Waals surface area contributed by atoms with Gasteiger partial charge in [0.15, 0.2) is 0 Å². The summed E-state index contributed by atoms with van der Waals surface area (Å²) >= 11 is 4.74. The lowest BCUT2D eigenvalue weighted by Gasteiger charge is -2.15. The Kier molecular flexibility index (Phi) is 6.58. The summed E-state index contributed by atoms with van der Waals surface area (Å²) in [7, 11) is 0. The Morgan fingerprint density at radius 1 is 0.561 bits per heavy atom. The Morgan fingerprint density at radius 3 is 1.56 bits per heavy atom. The highest BCUT2D eigenvalue weighted by molar-refractivity contribution is 7.16. The molecule has 4 aromatic heterocycles. The Labute approximate surface area is 251 Å². The molecule has 0 radical (unpaired) electrons. The third-order valence-corrected chi connectivity index (χ3v) is 9.79. The van der Waals surface area contributed by atoms with Crippen molar-refractivity contribution in [1.29, 1.82) is 0 Å². The molecule has 0 bridgehead atoms. The van der Waals surface area contributed by atoms with E-state index in [4.69, 9.17) is 18.7 Å². The van der Waals surface area contributed by atoms with Gasteiger partial charge in [-0.1, -0.05) is 65.7 Å². The van der Waals surface area contributed by atoms with Gasteiger partial charge in [-0.25, -0.2) is 9.97 Å². The largest absolute Gasteiger partial charge is 0.243 e. The Bertz CT molecular complexity index is 2080. The van der Waals surface area contributed by atoms with E-state index in [-0.39, 0.29) is 0 Å². The van der Waals surface area contributed by atoms with Crippen molar-refractivity contribution in [2.45, 2.75) is 27.7 Å². The van der Waals surface area contributed by atoms with Crippen LogP contribution in [0.2, 0.25) is 0 Å². The van der Waals surface area contributed by atoms with Crippen molar-refractivity contribution < 1.29 is 0 Å². The monoisotopic (exact) mass is 586 g/mol. The van der Waals surface area contributed by atoms with Crippen LogP contribution in [0.15, 0.2) is 78.9 Å². The summed E-state index contributed by atoms with van der Waals surface area (Å²) in [4.78, 5) is 15.7. The summed E-state index contributed by atoms with van der Waals surface area (Å²) in [5.41, 5.74) is 11.7. The van der Waals surface area contributed by atoms with Gasteiger partial charge >= 0.3 is 0 Å². The molecule has 0 aliphatic heterocycles. The normalized spacial score (nSPS) is 11.8. The maximum absolute atomic E-state index is 5.50. The smallest absolute Gasteiger partial charge is 0.116 e. The molecule has 0 saturated heterocycles. The molecule has 0 saturated carbocycles. The maximum atomic E-state index is 5.50. The first-order chi connectivity index (χ1) is 20.0. The van der Waals surface area contributed by atoms with Crippen LogP contribution in [-0.2, 0) is 0 Å². The maximum Gasteiger partial charge on any atom is 0.116 e. The molecule has 7 heteroatoms. The van der Waals surface area contributed by atoms with Gasteiger partial charge in [0.2, 0.25) is 0 Å². The average molecular weight is 587 g/mol. The van der Waals surface area contributed by atoms with E-state index in [0.29, 0.717) is 0 Å². The van der Waals surface area contributed by atoms with E-state index >= 15 is 0 Å². The number of aryl methyl sites for hydroxylation is 3. The zero-order valence-corrected chi connectivity index (χ0v) is 25.5. The molecule has 0 N–H and O–H groups in total. The minimum atomic E-state index is 0.853. The van der Waals surface area contributed by atoms with Crippen LogP contribution in [0.4, 0.5) is 0 Å². The predicted octanol–water partition coefficient (Wildman–Crippen LogP) is 10.4. The third-order valence-electron chi connectivity index (χ3n) is 7.17. The zero-order chi connectivity index (χ0) is 28.1. The van der Waals surface area contributed by atoms with Crippen LogP contribution in [0.25, 0.3) is 71.5 Å². The fourth-order valence-electron chi connectivity index (χ4n) is 5.13. The third kappa shape index (κ3) is 4.60. The van der Waals surface area contributed by atoms with E-state index < -0.39 is 0 Å². The van der Waals surface area contributed by atoms with Crippen LogP contribution in [0.5, 0.6) is 0 Å². The number of nitrogens with zero attached hydrogens (tertiary/aromatic N) is 4. The molecule has 0 aliphatic rings. The van der Waals surface area contributed by atoms with Crippen LogP contribution in [-0.4, -0.2) is 18.7 Å². The van der Waals surface area contributed by atoms with Crippen molar-refractivity contribution in [3.05, 3.63) is 99.8 Å². The first-order valence-electron chi connectivity index (χ1n) is 13.4. The molecule has 0 amide bonds. The number of fused-ring (bicyclic) bond motifs is 2. The lowest BCUT2D eigenvalue weighted by Crippen LogP contribution is -1.99. The predicted molar refractivity (Wildman–Crippen MR) is 177 cm³/mol. The van der Waals surface area contributed by atoms with Crippen LogP contribution in [0, 0.1) is 20.8 Å². The van der Waals surface area contributed by atoms with Crippen molar-refractivity contribution >= 4 is 62.5 Å². The lowest BCUT2D eigenvalue weighted by atomic mass is 9.98. The van der Waals surface area contributed by atoms with E-state index in [1.807, 2.05) is 6.92 Å². The van der Waals surface area contributed by atoms with Crippen LogP contribution >= 0.6 is 34.4 Å². The van der Waals surface area contributed by atoms with Gasteiger partial charge in [0.1, 0.15) is 22.1 Å². The summed E-state index contributed by atoms with van der Waals surface area (Å²) in [5.74, 6) is 0. The van der Waals surface area contributed by atoms with Crippen LogP contribution < -0.4 is 0 Å². The molecule has 4 nitrogen and oxygen atoms in total. The first-order valence-corrected chi connectivity index (χ1v) is 15.8. The molecule has 0 unspecified atom stereocenters. The quantitative estimate of drug-likeness (QED) is 0.201. The number of hydrogen-bond acceptors (Lipinski definition) is 7. The molecule has 41 heavy (non-hydrogen) atoms. The van der Waals surface area contributed by atoms with E-state index in [2.05, 4.69) is 106 Å². The summed E-state index contributed by atoms with van der Waals surface area (Å²) in [6, 6.07) is 25.8. The van der Waals surface area contributed by atoms with E-state index in [1.165, 1.54) is 32.6 Å². The molecule has 0 fully saturated rings. The minimum Gasteiger partial charge on any atom is -0.243 e. The molecule has 200 valence electrons. The molecule has 7 aromatic rings. The Morgan fingerprint density at radius 2 is 1.07 bits per heavy atom. The molecular formula is C34H26N4S3. The van der Waals surface area contributed by atoms with Crippen molar-refractivity contribution in [2.24, 2.45) is 0 Å². The van der Waals surface area contributed by atoms with Gasteiger partial charge in [0, 0.05) is 41.8 Å². The Hall–Kier alpha value is -4.04. The number of hydrogen-bond donors (Lipinski definition) is 0. The highest BCUT2D eigenvalue weighted by Gasteiger charge is 2.26. The van der Waals surface area contributed by atoms with Gasteiger partial charge in [0.25, 0.3) is 0 Å². The zero-order valence-electron chi connectivity index (χ0n) is 23.1. The van der Waals surface area contributed by atoms with Gasteiger partial charge in [-0.15, -0.1) is 22.7 Å². The van der Waals surface area contributed by atoms with Gasteiger partial charge in [-0.3, -0.25) is 0 Å². The van der Waals surface area contributed by atoms with Gasteiger partial charge < -0.3 is 0 Å². The average Bonchev–Trinajstić information content (AvgIpc) is 3.74. The summed E-state index contributed by atoms with van der Waals surface area (Å²) < 4.78 is 9.70. The number of aromatic nitrogens is 4. The minimum absolute atomic E-state index is 0.853. The fraction of sp³-hybridized carbons (Fsp3) is 0.118. The summed E-state index contributed by atoms with van der Waals surface area (Å²) in [6.45, 7) is 8.39. The number of rotatable bonds is 5. The highest BCUT2D eigenvalue weighted by atomic mass is 32.1. The van der Waals surface area contributed by atoms with E-state index in [1.54, 1.807) is 22.7 Å². The molecule has 0 aliphatic carbocycles.